The van der Waals surface area contributed by atoms with Crippen LogP contribution in [0.15, 0.2) is 54.7 Å². The molecule has 0 amide bonds. The zero-order valence-corrected chi connectivity index (χ0v) is 15.0. The average Bonchev–Trinajstić information content (AvgIpc) is 3.07. The molecule has 1 heterocycles. The number of β-amino-alcohol motifs (C(OH)–C–C–N with tert-alkyl or cyclic N) is 1. The summed E-state index contributed by atoms with van der Waals surface area (Å²) in [4.78, 5) is 3.24. The molecule has 0 fully saturated rings. The smallest absolute Gasteiger partial charge is 0.143 e. The molecule has 4 heteroatoms. The first kappa shape index (κ1) is 17.5. The minimum Gasteiger partial charge on any atom is -0.487 e. The minimum atomic E-state index is -0.569. The second-order valence-corrected chi connectivity index (χ2v) is 7.34. The fraction of sp³-hybridized carbons (Fsp3) is 0.333. The molecular formula is C21H26N2O2. The SMILES string of the molecule is CC(C)(C)NCC(O)c1ccc(OCc2ccccc2)c2[nH]ccc12. The molecule has 2 aromatic carbocycles. The second-order valence-electron chi connectivity index (χ2n) is 7.34. The van der Waals surface area contributed by atoms with Crippen LogP contribution in [0.5, 0.6) is 5.75 Å². The van der Waals surface area contributed by atoms with Gasteiger partial charge in [-0.15, -0.1) is 0 Å². The highest BCUT2D eigenvalue weighted by molar-refractivity contribution is 5.88. The Hall–Kier alpha value is -2.30. The maximum Gasteiger partial charge on any atom is 0.143 e. The molecule has 1 atom stereocenters. The van der Waals surface area contributed by atoms with Gasteiger partial charge in [0.15, 0.2) is 0 Å². The zero-order valence-electron chi connectivity index (χ0n) is 15.0. The fourth-order valence-electron chi connectivity index (χ4n) is 2.81. The van der Waals surface area contributed by atoms with Gasteiger partial charge in [0.05, 0.1) is 11.6 Å². The van der Waals surface area contributed by atoms with Gasteiger partial charge in [0.2, 0.25) is 0 Å². The van der Waals surface area contributed by atoms with Crippen molar-refractivity contribution in [2.24, 2.45) is 0 Å². The van der Waals surface area contributed by atoms with Crippen molar-refractivity contribution < 1.29 is 9.84 Å². The Morgan fingerprint density at radius 3 is 2.56 bits per heavy atom. The molecule has 0 saturated carbocycles. The van der Waals surface area contributed by atoms with Gasteiger partial charge in [0, 0.05) is 23.7 Å². The van der Waals surface area contributed by atoms with Crippen LogP contribution in [0.2, 0.25) is 0 Å². The summed E-state index contributed by atoms with van der Waals surface area (Å²) in [6.45, 7) is 7.29. The van der Waals surface area contributed by atoms with Crippen molar-refractivity contribution in [3.05, 3.63) is 65.9 Å². The van der Waals surface area contributed by atoms with Crippen LogP contribution in [0.3, 0.4) is 0 Å². The molecule has 1 aromatic heterocycles. The number of aliphatic hydroxyl groups excluding tert-OH is 1. The molecule has 3 N–H and O–H groups in total. The van der Waals surface area contributed by atoms with Gasteiger partial charge in [-0.25, -0.2) is 0 Å². The summed E-state index contributed by atoms with van der Waals surface area (Å²) in [6, 6.07) is 16.0. The summed E-state index contributed by atoms with van der Waals surface area (Å²) < 4.78 is 5.98. The van der Waals surface area contributed by atoms with Crippen molar-refractivity contribution in [3.8, 4) is 5.75 Å². The average molecular weight is 338 g/mol. The van der Waals surface area contributed by atoms with Gasteiger partial charge in [0.25, 0.3) is 0 Å². The van der Waals surface area contributed by atoms with Crippen LogP contribution in [-0.2, 0) is 6.61 Å². The highest BCUT2D eigenvalue weighted by Gasteiger charge is 2.17. The lowest BCUT2D eigenvalue weighted by Gasteiger charge is -2.23. The van der Waals surface area contributed by atoms with E-state index in [-0.39, 0.29) is 5.54 Å². The first-order chi connectivity index (χ1) is 11.9. The Morgan fingerprint density at radius 1 is 1.08 bits per heavy atom. The van der Waals surface area contributed by atoms with E-state index in [4.69, 9.17) is 4.74 Å². The highest BCUT2D eigenvalue weighted by atomic mass is 16.5. The molecule has 0 bridgehead atoms. The molecule has 4 nitrogen and oxygen atoms in total. The van der Waals surface area contributed by atoms with Gasteiger partial charge in [-0.1, -0.05) is 36.4 Å². The number of aliphatic hydroxyl groups is 1. The van der Waals surface area contributed by atoms with Crippen LogP contribution in [0.1, 0.15) is 38.0 Å². The summed E-state index contributed by atoms with van der Waals surface area (Å²) in [5.74, 6) is 0.795. The number of aromatic amines is 1. The maximum absolute atomic E-state index is 10.6. The van der Waals surface area contributed by atoms with E-state index in [0.29, 0.717) is 13.2 Å². The summed E-state index contributed by atoms with van der Waals surface area (Å²) in [6.07, 6.45) is 1.31. The van der Waals surface area contributed by atoms with Crippen LogP contribution in [0.4, 0.5) is 0 Å². The number of fused-ring (bicyclic) bond motifs is 1. The summed E-state index contributed by atoms with van der Waals surface area (Å²) in [5.41, 5.74) is 2.92. The van der Waals surface area contributed by atoms with E-state index in [1.807, 2.05) is 54.7 Å². The lowest BCUT2D eigenvalue weighted by Crippen LogP contribution is -2.38. The molecule has 0 saturated heterocycles. The Kier molecular flexibility index (Phi) is 5.11. The van der Waals surface area contributed by atoms with Gasteiger partial charge in [0.1, 0.15) is 12.4 Å². The zero-order chi connectivity index (χ0) is 17.9. The van der Waals surface area contributed by atoms with E-state index in [1.54, 1.807) is 0 Å². The Morgan fingerprint density at radius 2 is 1.84 bits per heavy atom. The topological polar surface area (TPSA) is 57.3 Å². The summed E-state index contributed by atoms with van der Waals surface area (Å²) >= 11 is 0. The van der Waals surface area contributed by atoms with Crippen molar-refractivity contribution in [2.45, 2.75) is 39.0 Å². The predicted octanol–water partition coefficient (Wildman–Crippen LogP) is 4.17. The Labute approximate surface area is 148 Å². The van der Waals surface area contributed by atoms with Crippen LogP contribution < -0.4 is 10.1 Å². The normalized spacial score (nSPS) is 13.1. The van der Waals surface area contributed by atoms with Gasteiger partial charge < -0.3 is 20.1 Å². The van der Waals surface area contributed by atoms with Crippen LogP contribution in [0.25, 0.3) is 10.9 Å². The van der Waals surface area contributed by atoms with Crippen LogP contribution in [-0.4, -0.2) is 22.2 Å². The first-order valence-electron chi connectivity index (χ1n) is 8.64. The molecule has 0 spiro atoms. The first-order valence-corrected chi connectivity index (χ1v) is 8.64. The molecule has 3 aromatic rings. The number of aromatic nitrogens is 1. The number of nitrogens with one attached hydrogen (secondary N) is 2. The highest BCUT2D eigenvalue weighted by Crippen LogP contribution is 2.31. The van der Waals surface area contributed by atoms with Crippen LogP contribution in [0, 0.1) is 0 Å². The molecule has 132 valence electrons. The molecular weight excluding hydrogens is 312 g/mol. The number of H-pyrrole nitrogens is 1. The fourth-order valence-corrected chi connectivity index (χ4v) is 2.81. The van der Waals surface area contributed by atoms with Gasteiger partial charge >= 0.3 is 0 Å². The molecule has 0 aliphatic heterocycles. The van der Waals surface area contributed by atoms with Crippen molar-refractivity contribution in [3.63, 3.8) is 0 Å². The molecule has 1 unspecified atom stereocenters. The van der Waals surface area contributed by atoms with E-state index in [0.717, 1.165) is 27.8 Å². The predicted molar refractivity (Wildman–Crippen MR) is 102 cm³/mol. The quantitative estimate of drug-likeness (QED) is 0.632. The molecule has 0 aliphatic rings. The lowest BCUT2D eigenvalue weighted by molar-refractivity contribution is 0.164. The monoisotopic (exact) mass is 338 g/mol. The van der Waals surface area contributed by atoms with Crippen molar-refractivity contribution in [1.29, 1.82) is 0 Å². The van der Waals surface area contributed by atoms with Crippen molar-refractivity contribution in [1.82, 2.24) is 10.3 Å². The lowest BCUT2D eigenvalue weighted by atomic mass is 10.0. The third-order valence-corrected chi connectivity index (χ3v) is 4.14. The van der Waals surface area contributed by atoms with Gasteiger partial charge in [-0.3, -0.25) is 0 Å². The molecule has 3 rings (SSSR count). The summed E-state index contributed by atoms with van der Waals surface area (Å²) in [7, 11) is 0. The van der Waals surface area contributed by atoms with E-state index >= 15 is 0 Å². The third kappa shape index (κ3) is 4.41. The second kappa shape index (κ2) is 7.30. The number of hydrogen-bond acceptors (Lipinski definition) is 3. The number of ether oxygens (including phenoxy) is 1. The molecule has 0 aliphatic carbocycles. The largest absolute Gasteiger partial charge is 0.487 e. The van der Waals surface area contributed by atoms with E-state index in [2.05, 4.69) is 31.1 Å². The van der Waals surface area contributed by atoms with Crippen molar-refractivity contribution in [2.75, 3.05) is 6.54 Å². The van der Waals surface area contributed by atoms with E-state index in [1.165, 1.54) is 0 Å². The number of rotatable bonds is 6. The molecule has 0 radical (unpaired) electrons. The van der Waals surface area contributed by atoms with Crippen LogP contribution >= 0.6 is 0 Å². The van der Waals surface area contributed by atoms with Gasteiger partial charge in [-0.05, 0) is 44.0 Å². The number of hydrogen-bond donors (Lipinski definition) is 3. The van der Waals surface area contributed by atoms with E-state index in [9.17, 15) is 5.11 Å². The van der Waals surface area contributed by atoms with Gasteiger partial charge in [-0.2, -0.15) is 0 Å². The summed E-state index contributed by atoms with van der Waals surface area (Å²) in [5, 5.41) is 14.9. The standard InChI is InChI=1S/C21H26N2O2/c1-21(2,3)23-13-18(24)16-9-10-19(20-17(16)11-12-22-20)25-14-15-7-5-4-6-8-15/h4-12,18,22-24H,13-14H2,1-3H3. The third-order valence-electron chi connectivity index (χ3n) is 4.14. The minimum absolute atomic E-state index is 0.0308. The maximum atomic E-state index is 10.6. The van der Waals surface area contributed by atoms with E-state index < -0.39 is 6.10 Å². The number of benzene rings is 2. The Balaban J connectivity index is 1.78. The molecule has 25 heavy (non-hydrogen) atoms. The van der Waals surface area contributed by atoms with Crippen molar-refractivity contribution >= 4 is 10.9 Å². The Bertz CT molecular complexity index is 819.